The van der Waals surface area contributed by atoms with Crippen LogP contribution in [-0.2, 0) is 13.2 Å². The summed E-state index contributed by atoms with van der Waals surface area (Å²) in [5, 5.41) is 10.9. The number of hydrogen-bond acceptors (Lipinski definition) is 7. The third kappa shape index (κ3) is 4.47. The molecule has 1 unspecified atom stereocenters. The minimum absolute atomic E-state index is 0.178. The molecule has 0 saturated carbocycles. The van der Waals surface area contributed by atoms with Crippen molar-refractivity contribution in [3.8, 4) is 11.9 Å². The summed E-state index contributed by atoms with van der Waals surface area (Å²) < 4.78 is 12.9. The van der Waals surface area contributed by atoms with Gasteiger partial charge in [-0.3, -0.25) is 0 Å². The molecule has 3 aromatic rings. The lowest BCUT2D eigenvalue weighted by atomic mass is 10.2. The van der Waals surface area contributed by atoms with Crippen molar-refractivity contribution in [3.05, 3.63) is 54.5 Å². The molecule has 23 heavy (non-hydrogen) atoms. The quantitative estimate of drug-likeness (QED) is 0.653. The van der Waals surface area contributed by atoms with Gasteiger partial charge in [0, 0.05) is 12.3 Å². The summed E-state index contributed by atoms with van der Waals surface area (Å²) in [4.78, 5) is 8.33. The average Bonchev–Trinajstić information content (AvgIpc) is 3.07. The Morgan fingerprint density at radius 1 is 1.17 bits per heavy atom. The van der Waals surface area contributed by atoms with Gasteiger partial charge in [0.25, 0.3) is 0 Å². The third-order valence-electron chi connectivity index (χ3n) is 2.98. The van der Waals surface area contributed by atoms with Crippen LogP contribution in [0, 0.1) is 0 Å². The van der Waals surface area contributed by atoms with Crippen LogP contribution in [0.3, 0.4) is 0 Å². The number of nitrogens with zero attached hydrogens (tertiary/aromatic N) is 6. The molecular formula is C15H16N6O2. The van der Waals surface area contributed by atoms with Crippen LogP contribution >= 0.6 is 0 Å². The Bertz CT molecular complexity index is 720. The second kappa shape index (κ2) is 7.30. The van der Waals surface area contributed by atoms with Gasteiger partial charge < -0.3 is 9.47 Å². The van der Waals surface area contributed by atoms with Crippen LogP contribution in [0.15, 0.2) is 48.9 Å². The number of ether oxygens (including phenoxy) is 2. The fourth-order valence-corrected chi connectivity index (χ4v) is 1.94. The van der Waals surface area contributed by atoms with Gasteiger partial charge in [0.1, 0.15) is 19.0 Å². The van der Waals surface area contributed by atoms with Crippen LogP contribution in [0.4, 0.5) is 0 Å². The highest BCUT2D eigenvalue weighted by Gasteiger charge is 2.09. The van der Waals surface area contributed by atoms with Crippen LogP contribution in [0.5, 0.6) is 11.9 Å². The molecule has 8 nitrogen and oxygen atoms in total. The minimum Gasteiger partial charge on any atom is -0.473 e. The molecule has 0 saturated heterocycles. The zero-order chi connectivity index (χ0) is 15.9. The minimum atomic E-state index is -0.178. The predicted octanol–water partition coefficient (Wildman–Crippen LogP) is 1.51. The molecule has 118 valence electrons. The van der Waals surface area contributed by atoms with Gasteiger partial charge in [0.15, 0.2) is 0 Å². The molecule has 8 heteroatoms. The summed E-state index contributed by atoms with van der Waals surface area (Å²) in [5.74, 6) is 0.466. The number of hydrogen-bond donors (Lipinski definition) is 0. The van der Waals surface area contributed by atoms with Gasteiger partial charge in [-0.15, -0.1) is 5.10 Å². The van der Waals surface area contributed by atoms with Crippen LogP contribution in [0.1, 0.15) is 12.5 Å². The van der Waals surface area contributed by atoms with Gasteiger partial charge in [-0.2, -0.15) is 4.98 Å². The topological polar surface area (TPSA) is 87.8 Å². The molecule has 0 aliphatic heterocycles. The molecule has 0 fully saturated rings. The molecule has 0 amide bonds. The first-order valence-corrected chi connectivity index (χ1v) is 7.17. The Morgan fingerprint density at radius 3 is 2.83 bits per heavy atom. The van der Waals surface area contributed by atoms with Crippen LogP contribution < -0.4 is 9.47 Å². The van der Waals surface area contributed by atoms with Crippen molar-refractivity contribution >= 4 is 0 Å². The second-order valence-corrected chi connectivity index (χ2v) is 4.91. The Labute approximate surface area is 133 Å². The Kier molecular flexibility index (Phi) is 4.72. The maximum Gasteiger partial charge on any atom is 0.320 e. The maximum atomic E-state index is 5.66. The van der Waals surface area contributed by atoms with E-state index in [4.69, 9.17) is 9.47 Å². The van der Waals surface area contributed by atoms with E-state index in [-0.39, 0.29) is 12.1 Å². The first kappa shape index (κ1) is 14.9. The van der Waals surface area contributed by atoms with Gasteiger partial charge >= 0.3 is 6.01 Å². The van der Waals surface area contributed by atoms with Gasteiger partial charge in [0.05, 0.1) is 6.54 Å². The van der Waals surface area contributed by atoms with E-state index in [1.165, 1.54) is 6.33 Å². The summed E-state index contributed by atoms with van der Waals surface area (Å²) >= 11 is 0. The molecular weight excluding hydrogens is 296 g/mol. The lowest BCUT2D eigenvalue weighted by molar-refractivity contribution is 0.173. The largest absolute Gasteiger partial charge is 0.473 e. The molecule has 3 rings (SSSR count). The molecule has 1 aromatic carbocycles. The smallest absolute Gasteiger partial charge is 0.320 e. The highest BCUT2D eigenvalue weighted by molar-refractivity contribution is 5.16. The summed E-state index contributed by atoms with van der Waals surface area (Å²) in [6.07, 6.45) is 2.95. The first-order chi connectivity index (χ1) is 11.3. The summed E-state index contributed by atoms with van der Waals surface area (Å²) in [6.45, 7) is 2.84. The standard InChI is InChI=1S/C15H16N6O2/c1-12(9-21-11-17-19-20-21)23-15-16-8-7-14(18-15)22-10-13-5-3-2-4-6-13/h2-8,11-12H,9-10H2,1H3. The Morgan fingerprint density at radius 2 is 2.04 bits per heavy atom. The third-order valence-corrected chi connectivity index (χ3v) is 2.98. The molecule has 0 bridgehead atoms. The van der Waals surface area contributed by atoms with Crippen LogP contribution in [0.25, 0.3) is 0 Å². The molecule has 1 atom stereocenters. The molecule has 2 aromatic heterocycles. The van der Waals surface area contributed by atoms with E-state index < -0.39 is 0 Å². The van der Waals surface area contributed by atoms with E-state index in [1.807, 2.05) is 37.3 Å². The fraction of sp³-hybridized carbons (Fsp3) is 0.267. The monoisotopic (exact) mass is 312 g/mol. The van der Waals surface area contributed by atoms with Gasteiger partial charge in [-0.1, -0.05) is 30.3 Å². The normalized spacial score (nSPS) is 11.9. The molecule has 0 aliphatic carbocycles. The number of benzene rings is 1. The van der Waals surface area contributed by atoms with Crippen molar-refractivity contribution in [3.63, 3.8) is 0 Å². The highest BCUT2D eigenvalue weighted by Crippen LogP contribution is 2.13. The van der Waals surface area contributed by atoms with Crippen molar-refractivity contribution in [2.45, 2.75) is 26.2 Å². The Hall–Kier alpha value is -3.03. The van der Waals surface area contributed by atoms with E-state index >= 15 is 0 Å². The molecule has 0 N–H and O–H groups in total. The van der Waals surface area contributed by atoms with Crippen molar-refractivity contribution < 1.29 is 9.47 Å². The molecule has 0 radical (unpaired) electrons. The maximum absolute atomic E-state index is 5.66. The summed E-state index contributed by atoms with van der Waals surface area (Å²) in [7, 11) is 0. The predicted molar refractivity (Wildman–Crippen MR) is 80.7 cm³/mol. The SMILES string of the molecule is CC(Cn1cnnn1)Oc1nccc(OCc2ccccc2)n1. The van der Waals surface area contributed by atoms with Crippen LogP contribution in [0.2, 0.25) is 0 Å². The molecule has 2 heterocycles. The van der Waals surface area contributed by atoms with Gasteiger partial charge in [0.2, 0.25) is 5.88 Å². The lowest BCUT2D eigenvalue weighted by Gasteiger charge is -2.13. The zero-order valence-electron chi connectivity index (χ0n) is 12.6. The van der Waals surface area contributed by atoms with Crippen molar-refractivity contribution in [1.82, 2.24) is 30.2 Å². The number of rotatable bonds is 7. The van der Waals surface area contributed by atoms with Crippen molar-refractivity contribution in [1.29, 1.82) is 0 Å². The zero-order valence-corrected chi connectivity index (χ0v) is 12.6. The number of tetrazole rings is 1. The fourth-order valence-electron chi connectivity index (χ4n) is 1.94. The Balaban J connectivity index is 1.56. The first-order valence-electron chi connectivity index (χ1n) is 7.17. The van der Waals surface area contributed by atoms with E-state index in [1.54, 1.807) is 16.9 Å². The van der Waals surface area contributed by atoms with Crippen molar-refractivity contribution in [2.75, 3.05) is 0 Å². The lowest BCUT2D eigenvalue weighted by Crippen LogP contribution is -2.21. The van der Waals surface area contributed by atoms with E-state index in [0.717, 1.165) is 5.56 Å². The highest BCUT2D eigenvalue weighted by atomic mass is 16.5. The van der Waals surface area contributed by atoms with Gasteiger partial charge in [-0.25, -0.2) is 9.67 Å². The molecule has 0 spiro atoms. The van der Waals surface area contributed by atoms with E-state index in [2.05, 4.69) is 25.5 Å². The molecule has 0 aliphatic rings. The van der Waals surface area contributed by atoms with Crippen LogP contribution in [-0.4, -0.2) is 36.3 Å². The van der Waals surface area contributed by atoms with Gasteiger partial charge in [-0.05, 0) is 22.9 Å². The average molecular weight is 312 g/mol. The second-order valence-electron chi connectivity index (χ2n) is 4.91. The summed E-state index contributed by atoms with van der Waals surface area (Å²) in [6, 6.07) is 11.8. The van der Waals surface area contributed by atoms with E-state index in [0.29, 0.717) is 19.0 Å². The number of aromatic nitrogens is 6. The van der Waals surface area contributed by atoms with Crippen molar-refractivity contribution in [2.24, 2.45) is 0 Å². The van der Waals surface area contributed by atoms with E-state index in [9.17, 15) is 0 Å². The summed E-state index contributed by atoms with van der Waals surface area (Å²) in [5.41, 5.74) is 1.07.